The first-order valence-corrected chi connectivity index (χ1v) is 4.45. The maximum Gasteiger partial charge on any atom is 0.320 e. The Balaban J connectivity index is 2.84. The average Bonchev–Trinajstić information content (AvgIpc) is 2.18. The number of nitro groups is 1. The Morgan fingerprint density at radius 3 is 2.73 bits per heavy atom. The molecule has 0 aromatic carbocycles. The van der Waals surface area contributed by atoms with Gasteiger partial charge in [-0.1, -0.05) is 18.2 Å². The summed E-state index contributed by atoms with van der Waals surface area (Å²) in [5.41, 5.74) is 3.94. The predicted octanol–water partition coefficient (Wildman–Crippen LogP) is 0.320. The molecule has 0 amide bonds. The quantitative estimate of drug-likeness (QED) is 0.515. The van der Waals surface area contributed by atoms with Crippen molar-refractivity contribution >= 4 is 5.97 Å². The molecule has 6 heteroatoms. The van der Waals surface area contributed by atoms with Gasteiger partial charge in [-0.25, -0.2) is 0 Å². The molecule has 0 aromatic rings. The highest BCUT2D eigenvalue weighted by Gasteiger charge is 2.42. The molecule has 1 unspecified atom stereocenters. The van der Waals surface area contributed by atoms with Crippen LogP contribution in [0.1, 0.15) is 12.8 Å². The molecule has 0 heterocycles. The van der Waals surface area contributed by atoms with Crippen molar-refractivity contribution in [2.75, 3.05) is 0 Å². The molecule has 0 aliphatic heterocycles. The Kier molecular flexibility index (Phi) is 3.21. The van der Waals surface area contributed by atoms with Gasteiger partial charge in [0, 0.05) is 17.8 Å². The number of aliphatic carboxylic acids is 1. The van der Waals surface area contributed by atoms with E-state index < -0.39 is 22.5 Å². The Morgan fingerprint density at radius 2 is 2.33 bits per heavy atom. The van der Waals surface area contributed by atoms with Crippen LogP contribution in [0.5, 0.6) is 0 Å². The monoisotopic (exact) mass is 212 g/mol. The van der Waals surface area contributed by atoms with Crippen LogP contribution in [0.15, 0.2) is 24.3 Å². The lowest BCUT2D eigenvalue weighted by Crippen LogP contribution is -2.45. The third-order valence-corrected chi connectivity index (χ3v) is 2.38. The lowest BCUT2D eigenvalue weighted by Gasteiger charge is -2.23. The first-order valence-electron chi connectivity index (χ1n) is 4.45. The molecule has 1 aliphatic carbocycles. The second kappa shape index (κ2) is 4.22. The molecule has 1 rings (SSSR count). The number of nitrogens with two attached hydrogens (primary N) is 1. The SMILES string of the molecule is N[C@@H](CC1([N+](=O)[O-])C=CC=CC1)C(=O)O. The molecule has 0 aromatic heterocycles. The first-order chi connectivity index (χ1) is 6.98. The normalized spacial score (nSPS) is 26.2. The van der Waals surface area contributed by atoms with E-state index in [0.29, 0.717) is 0 Å². The van der Waals surface area contributed by atoms with E-state index in [9.17, 15) is 14.9 Å². The van der Waals surface area contributed by atoms with Gasteiger partial charge in [-0.05, 0) is 6.08 Å². The van der Waals surface area contributed by atoms with Gasteiger partial charge in [-0.2, -0.15) is 0 Å². The average molecular weight is 212 g/mol. The Bertz CT molecular complexity index is 337. The lowest BCUT2D eigenvalue weighted by atomic mass is 9.85. The van der Waals surface area contributed by atoms with Gasteiger partial charge in [0.15, 0.2) is 0 Å². The second-order valence-electron chi connectivity index (χ2n) is 3.50. The molecule has 0 saturated carbocycles. The van der Waals surface area contributed by atoms with Gasteiger partial charge in [-0.3, -0.25) is 14.9 Å². The molecule has 15 heavy (non-hydrogen) atoms. The van der Waals surface area contributed by atoms with Crippen molar-refractivity contribution in [2.24, 2.45) is 5.73 Å². The van der Waals surface area contributed by atoms with Gasteiger partial charge < -0.3 is 10.8 Å². The number of hydrogen-bond acceptors (Lipinski definition) is 4. The molecule has 3 N–H and O–H groups in total. The fourth-order valence-electron chi connectivity index (χ4n) is 1.48. The van der Waals surface area contributed by atoms with Crippen LogP contribution in [-0.2, 0) is 4.79 Å². The largest absolute Gasteiger partial charge is 0.480 e. The van der Waals surface area contributed by atoms with Crippen molar-refractivity contribution in [3.05, 3.63) is 34.4 Å². The molecule has 0 radical (unpaired) electrons. The fourth-order valence-corrected chi connectivity index (χ4v) is 1.48. The van der Waals surface area contributed by atoms with Gasteiger partial charge in [0.1, 0.15) is 6.04 Å². The number of hydrogen-bond donors (Lipinski definition) is 2. The number of allylic oxidation sites excluding steroid dienone is 2. The minimum atomic E-state index is -1.37. The summed E-state index contributed by atoms with van der Waals surface area (Å²) in [6.45, 7) is 0. The van der Waals surface area contributed by atoms with Crippen LogP contribution in [0.25, 0.3) is 0 Å². The van der Waals surface area contributed by atoms with E-state index in [4.69, 9.17) is 10.8 Å². The van der Waals surface area contributed by atoms with Gasteiger partial charge in [-0.15, -0.1) is 0 Å². The van der Waals surface area contributed by atoms with E-state index in [1.807, 2.05) is 0 Å². The Labute approximate surface area is 86.2 Å². The lowest BCUT2D eigenvalue weighted by molar-refractivity contribution is -0.555. The molecule has 1 aliphatic rings. The van der Waals surface area contributed by atoms with Gasteiger partial charge >= 0.3 is 5.97 Å². The predicted molar refractivity (Wildman–Crippen MR) is 52.9 cm³/mol. The maximum absolute atomic E-state index is 10.9. The van der Waals surface area contributed by atoms with Crippen LogP contribution in [-0.4, -0.2) is 27.6 Å². The summed E-state index contributed by atoms with van der Waals surface area (Å²) in [5, 5.41) is 19.5. The van der Waals surface area contributed by atoms with E-state index in [0.717, 1.165) is 0 Å². The van der Waals surface area contributed by atoms with Crippen LogP contribution in [0.4, 0.5) is 0 Å². The van der Waals surface area contributed by atoms with Crippen LogP contribution >= 0.6 is 0 Å². The highest BCUT2D eigenvalue weighted by atomic mass is 16.6. The summed E-state index contributed by atoms with van der Waals surface area (Å²) in [6.07, 6.45) is 6.25. The second-order valence-corrected chi connectivity index (χ2v) is 3.50. The maximum atomic E-state index is 10.9. The zero-order valence-electron chi connectivity index (χ0n) is 8.00. The summed E-state index contributed by atoms with van der Waals surface area (Å²) in [5.74, 6) is -1.22. The molecule has 0 spiro atoms. The molecule has 82 valence electrons. The number of carboxylic acids is 1. The van der Waals surface area contributed by atoms with E-state index >= 15 is 0 Å². The van der Waals surface area contributed by atoms with Crippen molar-refractivity contribution in [3.8, 4) is 0 Å². The van der Waals surface area contributed by atoms with E-state index in [1.165, 1.54) is 6.08 Å². The standard InChI is InChI=1S/C9H12N2O4/c10-7(8(12)13)6-9(11(14)15)4-2-1-3-5-9/h1-4,7H,5-6,10H2,(H,12,13)/t7-,9?/m0/s1. The third kappa shape index (κ3) is 2.41. The van der Waals surface area contributed by atoms with Crippen LogP contribution in [0, 0.1) is 10.1 Å². The molecule has 0 fully saturated rings. The smallest absolute Gasteiger partial charge is 0.320 e. The minimum absolute atomic E-state index is 0.178. The van der Waals surface area contributed by atoms with Crippen molar-refractivity contribution in [3.63, 3.8) is 0 Å². The Morgan fingerprint density at radius 1 is 1.67 bits per heavy atom. The van der Waals surface area contributed by atoms with E-state index in [-0.39, 0.29) is 12.8 Å². The fraction of sp³-hybridized carbons (Fsp3) is 0.444. The van der Waals surface area contributed by atoms with E-state index in [1.54, 1.807) is 18.2 Å². The molecule has 0 bridgehead atoms. The number of carboxylic acid groups (broad SMARTS) is 1. The third-order valence-electron chi connectivity index (χ3n) is 2.38. The first kappa shape index (κ1) is 11.4. The van der Waals surface area contributed by atoms with Gasteiger partial charge in [0.2, 0.25) is 5.54 Å². The van der Waals surface area contributed by atoms with Gasteiger partial charge in [0.05, 0.1) is 0 Å². The summed E-state index contributed by atoms with van der Waals surface area (Å²) < 4.78 is 0. The molecule has 0 saturated heterocycles. The summed E-state index contributed by atoms with van der Waals surface area (Å²) in [4.78, 5) is 21.0. The van der Waals surface area contributed by atoms with Gasteiger partial charge in [0.25, 0.3) is 0 Å². The Hall–Kier alpha value is -1.69. The minimum Gasteiger partial charge on any atom is -0.480 e. The van der Waals surface area contributed by atoms with Crippen LogP contribution in [0.2, 0.25) is 0 Å². The highest BCUT2D eigenvalue weighted by Crippen LogP contribution is 2.26. The van der Waals surface area contributed by atoms with Crippen molar-refractivity contribution < 1.29 is 14.8 Å². The number of rotatable bonds is 4. The van der Waals surface area contributed by atoms with Crippen LogP contribution in [0.3, 0.4) is 0 Å². The number of carbonyl (C=O) groups is 1. The molecule has 6 nitrogen and oxygen atoms in total. The summed E-state index contributed by atoms with van der Waals surface area (Å²) in [6, 6.07) is -1.22. The van der Waals surface area contributed by atoms with Crippen molar-refractivity contribution in [1.82, 2.24) is 0 Å². The number of nitrogens with zero attached hydrogens (tertiary/aromatic N) is 1. The molecular formula is C9H12N2O4. The highest BCUT2D eigenvalue weighted by molar-refractivity contribution is 5.73. The summed E-state index contributed by atoms with van der Waals surface area (Å²) in [7, 11) is 0. The van der Waals surface area contributed by atoms with Crippen molar-refractivity contribution in [2.45, 2.75) is 24.4 Å². The molecular weight excluding hydrogens is 200 g/mol. The zero-order valence-corrected chi connectivity index (χ0v) is 8.00. The van der Waals surface area contributed by atoms with E-state index in [2.05, 4.69) is 0 Å². The zero-order chi connectivity index (χ0) is 11.5. The van der Waals surface area contributed by atoms with Crippen LogP contribution < -0.4 is 5.73 Å². The topological polar surface area (TPSA) is 106 Å². The molecule has 2 atom stereocenters. The summed E-state index contributed by atoms with van der Waals surface area (Å²) >= 11 is 0. The van der Waals surface area contributed by atoms with Crippen molar-refractivity contribution in [1.29, 1.82) is 0 Å².